The van der Waals surface area contributed by atoms with Crippen LogP contribution in [0.1, 0.15) is 10.6 Å². The van der Waals surface area contributed by atoms with Gasteiger partial charge in [0.25, 0.3) is 16.1 Å². The minimum absolute atomic E-state index is 0.105. The monoisotopic (exact) mass is 339 g/mol. The van der Waals surface area contributed by atoms with Crippen LogP contribution in [0.2, 0.25) is 0 Å². The Balaban J connectivity index is 2.33. The molecule has 0 bridgehead atoms. The lowest BCUT2D eigenvalue weighted by molar-refractivity contribution is 0.0925. The van der Waals surface area contributed by atoms with Crippen LogP contribution in [0.5, 0.6) is 0 Å². The first kappa shape index (κ1) is 15.2. The predicted molar refractivity (Wildman–Crippen MR) is 69.4 cm³/mol. The first-order chi connectivity index (χ1) is 8.33. The van der Waals surface area contributed by atoms with Crippen molar-refractivity contribution in [1.29, 1.82) is 0 Å². The van der Waals surface area contributed by atoms with Gasteiger partial charge < -0.3 is 9.73 Å². The highest BCUT2D eigenvalue weighted by Crippen LogP contribution is 2.13. The van der Waals surface area contributed by atoms with Gasteiger partial charge >= 0.3 is 0 Å². The van der Waals surface area contributed by atoms with Crippen molar-refractivity contribution < 1.29 is 17.6 Å². The minimum Gasteiger partial charge on any atom is -0.444 e. The summed E-state index contributed by atoms with van der Waals surface area (Å²) in [6, 6.07) is 3.12. The highest BCUT2D eigenvalue weighted by Gasteiger charge is 2.13. The van der Waals surface area contributed by atoms with Crippen LogP contribution in [-0.2, 0) is 10.2 Å². The van der Waals surface area contributed by atoms with E-state index in [0.29, 0.717) is 4.67 Å². The zero-order valence-electron chi connectivity index (χ0n) is 9.94. The zero-order chi connectivity index (χ0) is 13.8. The first-order valence-corrected chi connectivity index (χ1v) is 7.27. The quantitative estimate of drug-likeness (QED) is 0.722. The maximum absolute atomic E-state index is 11.5. The van der Waals surface area contributed by atoms with Crippen molar-refractivity contribution in [3.63, 3.8) is 0 Å². The van der Waals surface area contributed by atoms with Crippen LogP contribution in [0.15, 0.2) is 21.2 Å². The van der Waals surface area contributed by atoms with Crippen LogP contribution in [-0.4, -0.2) is 45.8 Å². The molecule has 0 aliphatic rings. The number of hydrogen-bond donors (Lipinski definition) is 2. The van der Waals surface area contributed by atoms with Crippen molar-refractivity contribution >= 4 is 32.0 Å². The van der Waals surface area contributed by atoms with Gasteiger partial charge in [-0.3, -0.25) is 4.79 Å². The van der Waals surface area contributed by atoms with Crippen molar-refractivity contribution in [2.75, 3.05) is 27.2 Å². The third kappa shape index (κ3) is 4.41. The molecule has 0 spiro atoms. The van der Waals surface area contributed by atoms with Gasteiger partial charge in [-0.05, 0) is 28.1 Å². The second kappa shape index (κ2) is 6.32. The van der Waals surface area contributed by atoms with Crippen molar-refractivity contribution in [1.82, 2.24) is 14.3 Å². The number of halogens is 1. The lowest BCUT2D eigenvalue weighted by atomic mass is 10.4. The van der Waals surface area contributed by atoms with E-state index in [1.165, 1.54) is 20.2 Å². The summed E-state index contributed by atoms with van der Waals surface area (Å²) in [5.41, 5.74) is 0. The molecule has 0 atom stereocenters. The molecule has 18 heavy (non-hydrogen) atoms. The Hall–Kier alpha value is -0.900. The van der Waals surface area contributed by atoms with Crippen LogP contribution < -0.4 is 10.0 Å². The number of nitrogens with zero attached hydrogens (tertiary/aromatic N) is 1. The third-order valence-electron chi connectivity index (χ3n) is 1.97. The van der Waals surface area contributed by atoms with Gasteiger partial charge in [-0.1, -0.05) is 0 Å². The van der Waals surface area contributed by atoms with Crippen molar-refractivity contribution in [2.45, 2.75) is 0 Å². The Morgan fingerprint density at radius 2 is 2.06 bits per heavy atom. The Kier molecular flexibility index (Phi) is 5.32. The third-order valence-corrected chi connectivity index (χ3v) is 3.93. The highest BCUT2D eigenvalue weighted by molar-refractivity contribution is 9.10. The average molecular weight is 340 g/mol. The Morgan fingerprint density at radius 1 is 1.39 bits per heavy atom. The second-order valence-electron chi connectivity index (χ2n) is 3.54. The van der Waals surface area contributed by atoms with E-state index in [0.717, 1.165) is 4.31 Å². The number of carbonyl (C=O) groups is 1. The molecule has 0 unspecified atom stereocenters. The molecule has 0 aromatic carbocycles. The molecule has 0 radical (unpaired) electrons. The maximum Gasteiger partial charge on any atom is 0.287 e. The number of hydrogen-bond acceptors (Lipinski definition) is 4. The van der Waals surface area contributed by atoms with E-state index >= 15 is 0 Å². The summed E-state index contributed by atoms with van der Waals surface area (Å²) in [7, 11) is -0.620. The summed E-state index contributed by atoms with van der Waals surface area (Å²) in [6.45, 7) is 0.276. The summed E-state index contributed by atoms with van der Waals surface area (Å²) in [4.78, 5) is 11.5. The standard InChI is InChI=1S/C9H14BrN3O4S/c1-13(2)18(15,16)12-6-5-11-9(14)7-3-4-8(10)17-7/h3-4,12H,5-6H2,1-2H3,(H,11,14). The maximum atomic E-state index is 11.5. The van der Waals surface area contributed by atoms with E-state index in [9.17, 15) is 13.2 Å². The molecule has 0 fully saturated rings. The van der Waals surface area contributed by atoms with Crippen molar-refractivity contribution in [3.05, 3.63) is 22.6 Å². The molecule has 1 amide bonds. The summed E-state index contributed by atoms with van der Waals surface area (Å²) < 4.78 is 31.5. The molecule has 0 aliphatic heterocycles. The molecule has 1 heterocycles. The number of nitrogens with one attached hydrogen (secondary N) is 2. The molecule has 1 aromatic rings. The average Bonchev–Trinajstić information content (AvgIpc) is 2.71. The normalized spacial score (nSPS) is 11.8. The number of amides is 1. The fourth-order valence-corrected chi connectivity index (χ4v) is 1.93. The van der Waals surface area contributed by atoms with Gasteiger partial charge in [0.2, 0.25) is 0 Å². The smallest absolute Gasteiger partial charge is 0.287 e. The molecular weight excluding hydrogens is 326 g/mol. The topological polar surface area (TPSA) is 91.7 Å². The summed E-state index contributed by atoms with van der Waals surface area (Å²) in [6.07, 6.45) is 0. The fourth-order valence-electron chi connectivity index (χ4n) is 1.01. The summed E-state index contributed by atoms with van der Waals surface area (Å²) in [5, 5.41) is 2.52. The van der Waals surface area contributed by atoms with Crippen molar-refractivity contribution in [3.8, 4) is 0 Å². The van der Waals surface area contributed by atoms with E-state index in [1.54, 1.807) is 6.07 Å². The van der Waals surface area contributed by atoms with Crippen LogP contribution in [0.4, 0.5) is 0 Å². The van der Waals surface area contributed by atoms with E-state index < -0.39 is 16.1 Å². The Bertz CT molecular complexity index is 512. The molecule has 0 saturated carbocycles. The predicted octanol–water partition coefficient (Wildman–Crippen LogP) is 0.168. The highest BCUT2D eigenvalue weighted by atomic mass is 79.9. The second-order valence-corrected chi connectivity index (χ2v) is 6.29. The largest absolute Gasteiger partial charge is 0.444 e. The van der Waals surface area contributed by atoms with Gasteiger partial charge in [0.1, 0.15) is 0 Å². The van der Waals surface area contributed by atoms with Gasteiger partial charge in [0.15, 0.2) is 10.4 Å². The van der Waals surface area contributed by atoms with E-state index in [4.69, 9.17) is 4.42 Å². The van der Waals surface area contributed by atoms with E-state index in [2.05, 4.69) is 26.0 Å². The lowest BCUT2D eigenvalue weighted by Gasteiger charge is -2.12. The molecule has 0 aliphatic carbocycles. The first-order valence-electron chi connectivity index (χ1n) is 5.03. The van der Waals surface area contributed by atoms with Crippen LogP contribution in [0, 0.1) is 0 Å². The summed E-state index contributed by atoms with van der Waals surface area (Å²) >= 11 is 3.08. The van der Waals surface area contributed by atoms with Crippen LogP contribution in [0.25, 0.3) is 0 Å². The lowest BCUT2D eigenvalue weighted by Crippen LogP contribution is -2.40. The van der Waals surface area contributed by atoms with Gasteiger partial charge in [-0.15, -0.1) is 0 Å². The molecular formula is C9H14BrN3O4S. The van der Waals surface area contributed by atoms with Crippen molar-refractivity contribution in [2.24, 2.45) is 0 Å². The zero-order valence-corrected chi connectivity index (χ0v) is 12.3. The number of rotatable bonds is 6. The fraction of sp³-hybridized carbons (Fsp3) is 0.444. The van der Waals surface area contributed by atoms with E-state index in [-0.39, 0.29) is 18.8 Å². The van der Waals surface area contributed by atoms with Gasteiger partial charge in [-0.2, -0.15) is 12.7 Å². The number of carbonyl (C=O) groups excluding carboxylic acids is 1. The molecule has 1 rings (SSSR count). The Morgan fingerprint density at radius 3 is 2.56 bits per heavy atom. The molecule has 2 N–H and O–H groups in total. The van der Waals surface area contributed by atoms with E-state index in [1.807, 2.05) is 0 Å². The molecule has 102 valence electrons. The number of furan rings is 1. The summed E-state index contributed by atoms with van der Waals surface area (Å²) in [5.74, 6) is -0.234. The van der Waals surface area contributed by atoms with Gasteiger partial charge in [0.05, 0.1) is 0 Å². The SMILES string of the molecule is CN(C)S(=O)(=O)NCCNC(=O)c1ccc(Br)o1. The van der Waals surface area contributed by atoms with Gasteiger partial charge in [0, 0.05) is 27.2 Å². The Labute approximate surface area is 114 Å². The van der Waals surface area contributed by atoms with Crippen LogP contribution >= 0.6 is 15.9 Å². The van der Waals surface area contributed by atoms with Gasteiger partial charge in [-0.25, -0.2) is 4.72 Å². The molecule has 1 aromatic heterocycles. The molecule has 7 nitrogen and oxygen atoms in total. The molecule has 0 saturated heterocycles. The minimum atomic E-state index is -3.46. The molecule has 9 heteroatoms. The van der Waals surface area contributed by atoms with Crippen LogP contribution in [0.3, 0.4) is 0 Å².